The molecule has 2 N–H and O–H groups in total. The molecule has 31 heavy (non-hydrogen) atoms. The topological polar surface area (TPSA) is 96.5 Å². The summed E-state index contributed by atoms with van der Waals surface area (Å²) >= 11 is 6.27. The molecule has 3 aromatic rings. The number of benzene rings is 1. The maximum Gasteiger partial charge on any atom is 0.254 e. The molecule has 1 aliphatic rings. The van der Waals surface area contributed by atoms with E-state index in [0.717, 1.165) is 0 Å². The number of ether oxygens (including phenoxy) is 2. The number of carbonyl (C=O) groups is 2. The Labute approximate surface area is 184 Å². The monoisotopic (exact) mass is 442 g/mol. The van der Waals surface area contributed by atoms with Crippen molar-refractivity contribution in [3.63, 3.8) is 0 Å². The highest BCUT2D eigenvalue weighted by atomic mass is 35.5. The van der Waals surface area contributed by atoms with Crippen LogP contribution in [0.3, 0.4) is 0 Å². The molecule has 3 heterocycles. The minimum Gasteiger partial charge on any atom is -0.383 e. The predicted octanol–water partition coefficient (Wildman–Crippen LogP) is 3.26. The third kappa shape index (κ3) is 3.56. The van der Waals surface area contributed by atoms with Crippen molar-refractivity contribution in [1.29, 1.82) is 0 Å². The number of methoxy groups -OCH3 is 2. The maximum atomic E-state index is 13.3. The first-order chi connectivity index (χ1) is 14.9. The third-order valence-corrected chi connectivity index (χ3v) is 5.74. The fourth-order valence-electron chi connectivity index (χ4n) is 3.91. The van der Waals surface area contributed by atoms with Crippen molar-refractivity contribution < 1.29 is 19.1 Å². The average molecular weight is 443 g/mol. The van der Waals surface area contributed by atoms with E-state index in [1.807, 2.05) is 0 Å². The molecule has 8 nitrogen and oxygen atoms in total. The molecular weight excluding hydrogens is 420 g/mol. The summed E-state index contributed by atoms with van der Waals surface area (Å²) in [6, 6.07) is 6.90. The van der Waals surface area contributed by atoms with E-state index in [-0.39, 0.29) is 18.3 Å². The van der Waals surface area contributed by atoms with Crippen molar-refractivity contribution in [3.05, 3.63) is 52.8 Å². The van der Waals surface area contributed by atoms with Crippen LogP contribution in [0.25, 0.3) is 11.0 Å². The van der Waals surface area contributed by atoms with E-state index in [0.29, 0.717) is 51.7 Å². The highest BCUT2D eigenvalue weighted by Crippen LogP contribution is 2.41. The summed E-state index contributed by atoms with van der Waals surface area (Å²) in [7, 11) is 3.12. The lowest BCUT2D eigenvalue weighted by Crippen LogP contribution is -2.58. The highest BCUT2D eigenvalue weighted by Gasteiger charge is 2.43. The van der Waals surface area contributed by atoms with Crippen LogP contribution in [0.2, 0.25) is 5.02 Å². The molecule has 162 valence electrons. The van der Waals surface area contributed by atoms with Crippen molar-refractivity contribution in [2.24, 2.45) is 0 Å². The normalized spacial score (nSPS) is 18.2. The van der Waals surface area contributed by atoms with Gasteiger partial charge in [0.05, 0.1) is 46.8 Å². The van der Waals surface area contributed by atoms with Crippen LogP contribution in [0.15, 0.2) is 36.7 Å². The smallest absolute Gasteiger partial charge is 0.254 e. The second kappa shape index (κ2) is 8.30. The molecule has 1 amide bonds. The largest absolute Gasteiger partial charge is 0.383 e. The quantitative estimate of drug-likeness (QED) is 0.545. The molecule has 0 saturated heterocycles. The van der Waals surface area contributed by atoms with Crippen LogP contribution in [0.1, 0.15) is 22.8 Å². The van der Waals surface area contributed by atoms with Crippen LogP contribution in [0, 0.1) is 0 Å². The van der Waals surface area contributed by atoms with Gasteiger partial charge in [0, 0.05) is 32.5 Å². The molecular formula is C22H23ClN4O4. The summed E-state index contributed by atoms with van der Waals surface area (Å²) in [5.74, 6) is -0.391. The van der Waals surface area contributed by atoms with E-state index in [1.54, 1.807) is 62.7 Å². The van der Waals surface area contributed by atoms with Crippen LogP contribution in [0.5, 0.6) is 0 Å². The summed E-state index contributed by atoms with van der Waals surface area (Å²) < 4.78 is 10.5. The van der Waals surface area contributed by atoms with Crippen LogP contribution < -0.4 is 10.2 Å². The molecule has 0 unspecified atom stereocenters. The van der Waals surface area contributed by atoms with Gasteiger partial charge in [-0.05, 0) is 19.1 Å². The fraction of sp³-hybridized carbons (Fsp3) is 0.318. The Kier molecular flexibility index (Phi) is 5.70. The molecule has 1 aliphatic heterocycles. The number of hydrogen-bond donors (Lipinski definition) is 2. The average Bonchev–Trinajstić information content (AvgIpc) is 3.19. The Bertz CT molecular complexity index is 1160. The number of halogens is 1. The Morgan fingerprint density at radius 3 is 2.71 bits per heavy atom. The summed E-state index contributed by atoms with van der Waals surface area (Å²) in [6.45, 7) is 2.62. The molecule has 1 aromatic carbocycles. The number of pyridine rings is 1. The molecule has 0 spiro atoms. The van der Waals surface area contributed by atoms with E-state index < -0.39 is 5.54 Å². The number of aromatic amines is 1. The van der Waals surface area contributed by atoms with E-state index in [4.69, 9.17) is 21.1 Å². The number of rotatable bonds is 7. The van der Waals surface area contributed by atoms with Gasteiger partial charge < -0.3 is 24.7 Å². The number of aromatic nitrogens is 2. The molecule has 0 saturated carbocycles. The van der Waals surface area contributed by atoms with Gasteiger partial charge in [-0.25, -0.2) is 4.98 Å². The van der Waals surface area contributed by atoms with Gasteiger partial charge in [0.2, 0.25) is 0 Å². The van der Waals surface area contributed by atoms with E-state index in [9.17, 15) is 9.59 Å². The summed E-state index contributed by atoms with van der Waals surface area (Å²) in [4.78, 5) is 35.8. The SMILES string of the molecule is COCCN1C(=O)[C@](C)(COC)Nc2c1cnc1[nH]cc(C(=O)c3ccccc3Cl)c21. The number of amides is 1. The van der Waals surface area contributed by atoms with Crippen LogP contribution in [-0.4, -0.2) is 61.2 Å². The second-order valence-corrected chi connectivity index (χ2v) is 8.00. The lowest BCUT2D eigenvalue weighted by Gasteiger charge is -2.41. The zero-order valence-corrected chi connectivity index (χ0v) is 18.2. The minimum atomic E-state index is -1.02. The van der Waals surface area contributed by atoms with E-state index in [1.165, 1.54) is 0 Å². The summed E-state index contributed by atoms with van der Waals surface area (Å²) in [5.41, 5.74) is 1.53. The molecule has 0 radical (unpaired) electrons. The van der Waals surface area contributed by atoms with Gasteiger partial charge in [-0.1, -0.05) is 23.7 Å². The molecule has 0 aliphatic carbocycles. The zero-order chi connectivity index (χ0) is 22.2. The Balaban J connectivity index is 1.91. The maximum absolute atomic E-state index is 13.3. The van der Waals surface area contributed by atoms with Gasteiger partial charge in [0.1, 0.15) is 11.2 Å². The number of carbonyl (C=O) groups excluding carboxylic acids is 2. The van der Waals surface area contributed by atoms with Crippen molar-refractivity contribution >= 4 is 45.7 Å². The first-order valence-electron chi connectivity index (χ1n) is 9.78. The van der Waals surface area contributed by atoms with Crippen LogP contribution in [-0.2, 0) is 14.3 Å². The highest BCUT2D eigenvalue weighted by molar-refractivity contribution is 6.36. The summed E-state index contributed by atoms with van der Waals surface area (Å²) in [5, 5.41) is 4.28. The number of nitrogens with zero attached hydrogens (tertiary/aromatic N) is 2. The molecule has 0 fully saturated rings. The number of H-pyrrole nitrogens is 1. The van der Waals surface area contributed by atoms with Crippen molar-refractivity contribution in [2.75, 3.05) is 44.2 Å². The molecule has 0 bridgehead atoms. The van der Waals surface area contributed by atoms with Gasteiger partial charge >= 0.3 is 0 Å². The van der Waals surface area contributed by atoms with Crippen molar-refractivity contribution in [1.82, 2.24) is 9.97 Å². The lowest BCUT2D eigenvalue weighted by molar-refractivity contribution is -0.124. The Morgan fingerprint density at radius 2 is 2.00 bits per heavy atom. The fourth-order valence-corrected chi connectivity index (χ4v) is 4.14. The molecule has 2 aromatic heterocycles. The molecule has 4 rings (SSSR count). The van der Waals surface area contributed by atoms with Gasteiger partial charge in [-0.3, -0.25) is 9.59 Å². The van der Waals surface area contributed by atoms with E-state index >= 15 is 0 Å². The zero-order valence-electron chi connectivity index (χ0n) is 17.5. The van der Waals surface area contributed by atoms with E-state index in [2.05, 4.69) is 15.3 Å². The summed E-state index contributed by atoms with van der Waals surface area (Å²) in [6.07, 6.45) is 3.24. The van der Waals surface area contributed by atoms with Crippen LogP contribution in [0.4, 0.5) is 11.4 Å². The number of anilines is 2. The Morgan fingerprint density at radius 1 is 1.23 bits per heavy atom. The Hall–Kier alpha value is -2.94. The predicted molar refractivity (Wildman–Crippen MR) is 119 cm³/mol. The van der Waals surface area contributed by atoms with Gasteiger partial charge in [0.25, 0.3) is 5.91 Å². The van der Waals surface area contributed by atoms with Gasteiger partial charge in [-0.2, -0.15) is 0 Å². The first-order valence-corrected chi connectivity index (χ1v) is 10.2. The van der Waals surface area contributed by atoms with Crippen molar-refractivity contribution in [2.45, 2.75) is 12.5 Å². The molecule has 1 atom stereocenters. The molecule has 9 heteroatoms. The van der Waals surface area contributed by atoms with Crippen LogP contribution >= 0.6 is 11.6 Å². The number of hydrogen-bond acceptors (Lipinski definition) is 6. The second-order valence-electron chi connectivity index (χ2n) is 7.59. The third-order valence-electron chi connectivity index (χ3n) is 5.41. The van der Waals surface area contributed by atoms with Gasteiger partial charge in [-0.15, -0.1) is 0 Å². The standard InChI is InChI=1S/C22H23ClN4O4/c1-22(12-31-3)21(29)27(8-9-30-2)16-11-25-20-17(18(16)26-22)14(10-24-20)19(28)13-6-4-5-7-15(13)23/h4-7,10-11,26H,8-9,12H2,1-3H3,(H,24,25)/t22-/m0/s1. The number of nitrogens with one attached hydrogen (secondary N) is 2. The lowest BCUT2D eigenvalue weighted by atomic mass is 9.94. The van der Waals surface area contributed by atoms with Crippen molar-refractivity contribution in [3.8, 4) is 0 Å². The minimum absolute atomic E-state index is 0.150. The first kappa shape index (κ1) is 21.3. The van der Waals surface area contributed by atoms with Gasteiger partial charge in [0.15, 0.2) is 5.78 Å². The number of fused-ring (bicyclic) bond motifs is 3. The number of ketones is 1.